The molecular formula is C23H34N2O3. The summed E-state index contributed by atoms with van der Waals surface area (Å²) in [5, 5.41) is 3.11. The van der Waals surface area contributed by atoms with Gasteiger partial charge in [-0.25, -0.2) is 0 Å². The number of hydrogen-bond acceptors (Lipinski definition) is 3. The van der Waals surface area contributed by atoms with Gasteiger partial charge >= 0.3 is 0 Å². The highest BCUT2D eigenvalue weighted by atomic mass is 16.5. The number of likely N-dealkylation sites (tertiary alicyclic amines) is 1. The predicted octanol–water partition coefficient (Wildman–Crippen LogP) is 3.28. The van der Waals surface area contributed by atoms with E-state index in [0.717, 1.165) is 24.8 Å². The van der Waals surface area contributed by atoms with E-state index in [1.54, 1.807) is 7.11 Å². The minimum Gasteiger partial charge on any atom is -0.385 e. The van der Waals surface area contributed by atoms with Crippen LogP contribution in [0.4, 0.5) is 0 Å². The van der Waals surface area contributed by atoms with E-state index in [9.17, 15) is 9.59 Å². The van der Waals surface area contributed by atoms with Crippen LogP contribution >= 0.6 is 0 Å². The van der Waals surface area contributed by atoms with Crippen molar-refractivity contribution in [2.75, 3.05) is 33.4 Å². The van der Waals surface area contributed by atoms with Crippen molar-refractivity contribution in [2.24, 2.45) is 5.92 Å². The number of hydrogen-bond donors (Lipinski definition) is 1. The van der Waals surface area contributed by atoms with E-state index in [-0.39, 0.29) is 11.8 Å². The number of carbonyl (C=O) groups is 2. The van der Waals surface area contributed by atoms with Gasteiger partial charge in [0.1, 0.15) is 0 Å². The first kappa shape index (κ1) is 20.8. The second-order valence-corrected chi connectivity index (χ2v) is 8.21. The Morgan fingerprint density at radius 2 is 1.79 bits per heavy atom. The first-order valence-corrected chi connectivity index (χ1v) is 10.8. The fourth-order valence-corrected chi connectivity index (χ4v) is 4.71. The van der Waals surface area contributed by atoms with Crippen LogP contribution in [0, 0.1) is 5.92 Å². The number of piperidine rings is 1. The molecule has 154 valence electrons. The second-order valence-electron chi connectivity index (χ2n) is 8.21. The zero-order valence-corrected chi connectivity index (χ0v) is 17.1. The number of carbonyl (C=O) groups excluding carboxylic acids is 2. The molecule has 2 fully saturated rings. The summed E-state index contributed by atoms with van der Waals surface area (Å²) in [6.07, 6.45) is 7.82. The molecule has 3 rings (SSSR count). The number of nitrogens with zero attached hydrogens (tertiary/aromatic N) is 1. The number of benzene rings is 1. The van der Waals surface area contributed by atoms with Crippen LogP contribution in [0.1, 0.15) is 56.9 Å². The lowest BCUT2D eigenvalue weighted by Crippen LogP contribution is -2.53. The van der Waals surface area contributed by atoms with Gasteiger partial charge in [0.25, 0.3) is 0 Å². The third kappa shape index (κ3) is 4.75. The molecule has 1 aliphatic carbocycles. The SMILES string of the molecule is COCCCNC(=O)C1(c2ccccc2)CCN(C(=O)C2CCCCC2)CC1. The molecule has 1 saturated carbocycles. The van der Waals surface area contributed by atoms with Gasteiger partial charge in [0, 0.05) is 39.3 Å². The van der Waals surface area contributed by atoms with Gasteiger partial charge in [-0.1, -0.05) is 49.6 Å². The molecule has 0 aromatic heterocycles. The zero-order chi connectivity index (χ0) is 19.8. The topological polar surface area (TPSA) is 58.6 Å². The molecule has 2 amide bonds. The Labute approximate surface area is 168 Å². The first-order valence-electron chi connectivity index (χ1n) is 10.8. The second kappa shape index (κ2) is 10.1. The Bertz CT molecular complexity index is 633. The van der Waals surface area contributed by atoms with E-state index in [1.165, 1.54) is 19.3 Å². The van der Waals surface area contributed by atoms with Gasteiger partial charge < -0.3 is 15.0 Å². The molecule has 1 N–H and O–H groups in total. The molecule has 5 nitrogen and oxygen atoms in total. The molecule has 28 heavy (non-hydrogen) atoms. The Balaban J connectivity index is 1.68. The van der Waals surface area contributed by atoms with Crippen molar-refractivity contribution in [2.45, 2.75) is 56.8 Å². The molecule has 1 aromatic rings. The molecule has 1 saturated heterocycles. The molecule has 0 radical (unpaired) electrons. The Hall–Kier alpha value is -1.88. The van der Waals surface area contributed by atoms with E-state index in [2.05, 4.69) is 5.32 Å². The number of ether oxygens (including phenoxy) is 1. The van der Waals surface area contributed by atoms with Crippen molar-refractivity contribution in [3.05, 3.63) is 35.9 Å². The van der Waals surface area contributed by atoms with Crippen molar-refractivity contribution in [1.29, 1.82) is 0 Å². The highest BCUT2D eigenvalue weighted by Gasteiger charge is 2.44. The van der Waals surface area contributed by atoms with E-state index >= 15 is 0 Å². The molecule has 1 aromatic carbocycles. The van der Waals surface area contributed by atoms with Crippen LogP contribution in [0.25, 0.3) is 0 Å². The smallest absolute Gasteiger partial charge is 0.230 e. The fraction of sp³-hybridized carbons (Fsp3) is 0.652. The standard InChI is InChI=1S/C23H34N2O3/c1-28-18-8-15-24-22(27)23(20-11-6-3-7-12-20)13-16-25(17-14-23)21(26)19-9-4-2-5-10-19/h3,6-7,11-12,19H,2,4-5,8-10,13-18H2,1H3,(H,24,27). The number of nitrogens with one attached hydrogen (secondary N) is 1. The average Bonchev–Trinajstić information content (AvgIpc) is 2.77. The monoisotopic (exact) mass is 386 g/mol. The van der Waals surface area contributed by atoms with Crippen molar-refractivity contribution in [3.63, 3.8) is 0 Å². The summed E-state index contributed by atoms with van der Waals surface area (Å²) in [6, 6.07) is 10.1. The summed E-state index contributed by atoms with van der Waals surface area (Å²) in [5.74, 6) is 0.585. The van der Waals surface area contributed by atoms with Crippen LogP contribution in [0.15, 0.2) is 30.3 Å². The normalized spacial score (nSPS) is 20.0. The van der Waals surface area contributed by atoms with Crippen LogP contribution in [-0.4, -0.2) is 50.1 Å². The average molecular weight is 387 g/mol. The molecule has 0 atom stereocenters. The van der Waals surface area contributed by atoms with Gasteiger partial charge in [-0.2, -0.15) is 0 Å². The van der Waals surface area contributed by atoms with E-state index in [0.29, 0.717) is 45.0 Å². The van der Waals surface area contributed by atoms with Gasteiger partial charge in [0.2, 0.25) is 11.8 Å². The maximum atomic E-state index is 13.2. The van der Waals surface area contributed by atoms with Crippen LogP contribution < -0.4 is 5.32 Å². The molecule has 1 heterocycles. The largest absolute Gasteiger partial charge is 0.385 e. The van der Waals surface area contributed by atoms with Gasteiger partial charge in [0.05, 0.1) is 5.41 Å². The molecule has 0 unspecified atom stereocenters. The van der Waals surface area contributed by atoms with E-state index < -0.39 is 5.41 Å². The highest BCUT2D eigenvalue weighted by molar-refractivity contribution is 5.89. The minimum atomic E-state index is -0.544. The molecular weight excluding hydrogens is 352 g/mol. The summed E-state index contributed by atoms with van der Waals surface area (Å²) in [6.45, 7) is 2.58. The number of rotatable bonds is 7. The summed E-state index contributed by atoms with van der Waals surface area (Å²) >= 11 is 0. The van der Waals surface area contributed by atoms with Crippen LogP contribution in [0.5, 0.6) is 0 Å². The van der Waals surface area contributed by atoms with Crippen LogP contribution in [0.2, 0.25) is 0 Å². The maximum Gasteiger partial charge on any atom is 0.230 e. The Morgan fingerprint density at radius 3 is 2.43 bits per heavy atom. The summed E-state index contributed by atoms with van der Waals surface area (Å²) in [5.41, 5.74) is 0.515. The van der Waals surface area contributed by atoms with E-state index in [1.807, 2.05) is 35.2 Å². The maximum absolute atomic E-state index is 13.2. The third-order valence-electron chi connectivity index (χ3n) is 6.45. The first-order chi connectivity index (χ1) is 13.7. The van der Waals surface area contributed by atoms with Gasteiger partial charge in [-0.3, -0.25) is 9.59 Å². The van der Waals surface area contributed by atoms with E-state index in [4.69, 9.17) is 4.74 Å². The Morgan fingerprint density at radius 1 is 1.11 bits per heavy atom. The van der Waals surface area contributed by atoms with Gasteiger partial charge in [0.15, 0.2) is 0 Å². The lowest BCUT2D eigenvalue weighted by molar-refractivity contribution is -0.141. The molecule has 2 aliphatic rings. The summed E-state index contributed by atoms with van der Waals surface area (Å²) < 4.78 is 5.08. The minimum absolute atomic E-state index is 0.0829. The van der Waals surface area contributed by atoms with Crippen molar-refractivity contribution in [1.82, 2.24) is 10.2 Å². The molecule has 0 spiro atoms. The fourth-order valence-electron chi connectivity index (χ4n) is 4.71. The zero-order valence-electron chi connectivity index (χ0n) is 17.1. The number of methoxy groups -OCH3 is 1. The van der Waals surface area contributed by atoms with Gasteiger partial charge in [-0.05, 0) is 37.7 Å². The summed E-state index contributed by atoms with van der Waals surface area (Å²) in [4.78, 5) is 28.1. The highest BCUT2D eigenvalue weighted by Crippen LogP contribution is 2.37. The lowest BCUT2D eigenvalue weighted by atomic mass is 9.71. The predicted molar refractivity (Wildman–Crippen MR) is 110 cm³/mol. The quantitative estimate of drug-likeness (QED) is 0.732. The van der Waals surface area contributed by atoms with Crippen molar-refractivity contribution >= 4 is 11.8 Å². The van der Waals surface area contributed by atoms with Crippen LogP contribution in [-0.2, 0) is 19.7 Å². The third-order valence-corrected chi connectivity index (χ3v) is 6.45. The van der Waals surface area contributed by atoms with Crippen LogP contribution in [0.3, 0.4) is 0 Å². The molecule has 1 aliphatic heterocycles. The molecule has 0 bridgehead atoms. The van der Waals surface area contributed by atoms with Crippen molar-refractivity contribution in [3.8, 4) is 0 Å². The summed E-state index contributed by atoms with van der Waals surface area (Å²) in [7, 11) is 1.67. The van der Waals surface area contributed by atoms with Gasteiger partial charge in [-0.15, -0.1) is 0 Å². The lowest BCUT2D eigenvalue weighted by Gasteiger charge is -2.42. The number of amides is 2. The Kier molecular flexibility index (Phi) is 7.49. The molecule has 5 heteroatoms. The van der Waals surface area contributed by atoms with Crippen molar-refractivity contribution < 1.29 is 14.3 Å².